The molecule has 21 heavy (non-hydrogen) atoms. The third-order valence-electron chi connectivity index (χ3n) is 4.19. The van der Waals surface area contributed by atoms with E-state index in [1.165, 1.54) is 24.2 Å². The Bertz CT molecular complexity index is 553. The molecule has 0 aliphatic heterocycles. The minimum Gasteiger partial charge on any atom is -0.272 e. The van der Waals surface area contributed by atoms with Gasteiger partial charge in [-0.05, 0) is 42.7 Å². The maximum Gasteiger partial charge on any atom is 0.0492 e. The summed E-state index contributed by atoms with van der Waals surface area (Å²) in [4.78, 5) is 0. The van der Waals surface area contributed by atoms with Crippen LogP contribution >= 0.6 is 0 Å². The summed E-state index contributed by atoms with van der Waals surface area (Å²) in [7, 11) is 2.02. The van der Waals surface area contributed by atoms with E-state index in [0.29, 0.717) is 17.8 Å². The van der Waals surface area contributed by atoms with Gasteiger partial charge in [0.2, 0.25) is 0 Å². The molecule has 0 saturated carbocycles. The van der Waals surface area contributed by atoms with Crippen molar-refractivity contribution in [2.45, 2.75) is 58.9 Å². The Labute approximate surface area is 128 Å². The predicted octanol–water partition coefficient (Wildman–Crippen LogP) is 3.96. The summed E-state index contributed by atoms with van der Waals surface area (Å²) in [6.45, 7) is 10.1. The molecule has 4 nitrogen and oxygen atoms in total. The highest BCUT2D eigenvalue weighted by Gasteiger charge is 2.15. The normalized spacial score (nSPS) is 14.6. The van der Waals surface area contributed by atoms with Crippen molar-refractivity contribution in [2.24, 2.45) is 13.0 Å². The van der Waals surface area contributed by atoms with E-state index in [2.05, 4.69) is 54.7 Å². The molecule has 0 bridgehead atoms. The van der Waals surface area contributed by atoms with Crippen LogP contribution in [0.3, 0.4) is 0 Å². The molecule has 0 aliphatic carbocycles. The molecular formula is C17H28N4. The summed E-state index contributed by atoms with van der Waals surface area (Å²) >= 11 is 0. The van der Waals surface area contributed by atoms with Gasteiger partial charge in [0.1, 0.15) is 0 Å². The molecule has 4 heteroatoms. The Balaban J connectivity index is 1.94. The van der Waals surface area contributed by atoms with Gasteiger partial charge in [0.25, 0.3) is 0 Å². The maximum atomic E-state index is 4.47. The SMILES string of the molecule is CC(C)Cn1nccc1C(C)CCC(C)c1ccnn1C. The van der Waals surface area contributed by atoms with Gasteiger partial charge in [0.15, 0.2) is 0 Å². The minimum absolute atomic E-state index is 0.543. The topological polar surface area (TPSA) is 35.6 Å². The minimum atomic E-state index is 0.543. The van der Waals surface area contributed by atoms with Crippen molar-refractivity contribution in [1.82, 2.24) is 19.6 Å². The van der Waals surface area contributed by atoms with Crippen LogP contribution in [0.2, 0.25) is 0 Å². The Hall–Kier alpha value is -1.58. The molecule has 0 spiro atoms. The average molecular weight is 288 g/mol. The highest BCUT2D eigenvalue weighted by molar-refractivity contribution is 5.09. The van der Waals surface area contributed by atoms with Crippen molar-refractivity contribution < 1.29 is 0 Å². The smallest absolute Gasteiger partial charge is 0.0492 e. The molecule has 2 heterocycles. The second-order valence-corrected chi connectivity index (χ2v) is 6.59. The summed E-state index contributed by atoms with van der Waals surface area (Å²) in [5.74, 6) is 1.72. The monoisotopic (exact) mass is 288 g/mol. The molecule has 2 atom stereocenters. The summed E-state index contributed by atoms with van der Waals surface area (Å²) in [5.41, 5.74) is 2.68. The Morgan fingerprint density at radius 3 is 2.05 bits per heavy atom. The summed E-state index contributed by atoms with van der Waals surface area (Å²) < 4.78 is 4.16. The van der Waals surface area contributed by atoms with E-state index >= 15 is 0 Å². The van der Waals surface area contributed by atoms with Crippen LogP contribution in [-0.2, 0) is 13.6 Å². The number of rotatable bonds is 7. The number of aryl methyl sites for hydroxylation is 1. The quantitative estimate of drug-likeness (QED) is 0.773. The Morgan fingerprint density at radius 1 is 0.905 bits per heavy atom. The van der Waals surface area contributed by atoms with E-state index in [1.807, 2.05) is 24.1 Å². The molecule has 0 saturated heterocycles. The third-order valence-corrected chi connectivity index (χ3v) is 4.19. The predicted molar refractivity (Wildman–Crippen MR) is 86.3 cm³/mol. The van der Waals surface area contributed by atoms with Crippen molar-refractivity contribution in [1.29, 1.82) is 0 Å². The molecule has 2 aromatic heterocycles. The fourth-order valence-corrected chi connectivity index (χ4v) is 2.92. The van der Waals surface area contributed by atoms with Crippen molar-refractivity contribution in [2.75, 3.05) is 0 Å². The van der Waals surface area contributed by atoms with Crippen LogP contribution in [0.25, 0.3) is 0 Å². The molecule has 0 fully saturated rings. The molecule has 2 unspecified atom stereocenters. The first kappa shape index (κ1) is 15.8. The van der Waals surface area contributed by atoms with Crippen LogP contribution in [0, 0.1) is 5.92 Å². The zero-order chi connectivity index (χ0) is 15.4. The lowest BCUT2D eigenvalue weighted by Gasteiger charge is -2.18. The molecule has 2 rings (SSSR count). The van der Waals surface area contributed by atoms with Crippen LogP contribution in [0.4, 0.5) is 0 Å². The van der Waals surface area contributed by atoms with E-state index in [-0.39, 0.29) is 0 Å². The van der Waals surface area contributed by atoms with E-state index in [9.17, 15) is 0 Å². The number of hydrogen-bond acceptors (Lipinski definition) is 2. The first-order valence-electron chi connectivity index (χ1n) is 7.98. The lowest BCUT2D eigenvalue weighted by atomic mass is 9.94. The molecule has 0 aliphatic rings. The molecule has 116 valence electrons. The summed E-state index contributed by atoms with van der Waals surface area (Å²) in [6, 6.07) is 4.29. The van der Waals surface area contributed by atoms with Gasteiger partial charge in [-0.2, -0.15) is 10.2 Å². The molecular weight excluding hydrogens is 260 g/mol. The first-order chi connectivity index (χ1) is 9.99. The van der Waals surface area contributed by atoms with Crippen LogP contribution < -0.4 is 0 Å². The van der Waals surface area contributed by atoms with Crippen molar-refractivity contribution in [3.05, 3.63) is 35.9 Å². The van der Waals surface area contributed by atoms with Crippen molar-refractivity contribution in [3.63, 3.8) is 0 Å². The van der Waals surface area contributed by atoms with Gasteiger partial charge < -0.3 is 0 Å². The van der Waals surface area contributed by atoms with Crippen LogP contribution in [0.1, 0.15) is 63.8 Å². The van der Waals surface area contributed by atoms with Gasteiger partial charge in [0.05, 0.1) is 0 Å². The standard InChI is InChI=1S/C17H28N4/c1-13(2)12-21-17(9-11-19-21)15(4)7-6-14(3)16-8-10-18-20(16)5/h8-11,13-15H,6-7,12H2,1-5H3. The number of hydrogen-bond donors (Lipinski definition) is 0. The largest absolute Gasteiger partial charge is 0.272 e. The van der Waals surface area contributed by atoms with Crippen LogP contribution in [0.5, 0.6) is 0 Å². The van der Waals surface area contributed by atoms with Gasteiger partial charge in [-0.1, -0.05) is 27.7 Å². The molecule has 0 aromatic carbocycles. The van der Waals surface area contributed by atoms with Crippen molar-refractivity contribution >= 4 is 0 Å². The Morgan fingerprint density at radius 2 is 1.48 bits per heavy atom. The molecule has 0 amide bonds. The lowest BCUT2D eigenvalue weighted by Crippen LogP contribution is -2.12. The highest BCUT2D eigenvalue weighted by Crippen LogP contribution is 2.27. The van der Waals surface area contributed by atoms with E-state index < -0.39 is 0 Å². The second kappa shape index (κ2) is 6.92. The van der Waals surface area contributed by atoms with Gasteiger partial charge in [-0.3, -0.25) is 9.36 Å². The van der Waals surface area contributed by atoms with E-state index in [1.54, 1.807) is 0 Å². The Kier molecular flexibility index (Phi) is 5.21. The first-order valence-corrected chi connectivity index (χ1v) is 7.98. The maximum absolute atomic E-state index is 4.47. The number of aromatic nitrogens is 4. The van der Waals surface area contributed by atoms with Crippen LogP contribution in [-0.4, -0.2) is 19.6 Å². The summed E-state index contributed by atoms with van der Waals surface area (Å²) in [5, 5.41) is 8.74. The number of nitrogens with zero attached hydrogens (tertiary/aromatic N) is 4. The molecule has 0 N–H and O–H groups in total. The van der Waals surface area contributed by atoms with E-state index in [0.717, 1.165) is 6.54 Å². The highest BCUT2D eigenvalue weighted by atomic mass is 15.3. The van der Waals surface area contributed by atoms with Crippen LogP contribution in [0.15, 0.2) is 24.5 Å². The van der Waals surface area contributed by atoms with Crippen molar-refractivity contribution in [3.8, 4) is 0 Å². The fraction of sp³-hybridized carbons (Fsp3) is 0.647. The zero-order valence-corrected chi connectivity index (χ0v) is 14.0. The fourth-order valence-electron chi connectivity index (χ4n) is 2.92. The lowest BCUT2D eigenvalue weighted by molar-refractivity contribution is 0.445. The third kappa shape index (κ3) is 3.96. The average Bonchev–Trinajstić information content (AvgIpc) is 3.04. The zero-order valence-electron chi connectivity index (χ0n) is 14.0. The van der Waals surface area contributed by atoms with E-state index in [4.69, 9.17) is 0 Å². The molecule has 2 aromatic rings. The molecule has 0 radical (unpaired) electrons. The van der Waals surface area contributed by atoms with Gasteiger partial charge in [-0.15, -0.1) is 0 Å². The second-order valence-electron chi connectivity index (χ2n) is 6.59. The summed E-state index contributed by atoms with van der Waals surface area (Å²) in [6.07, 6.45) is 6.16. The van der Waals surface area contributed by atoms with Gasteiger partial charge in [0, 0.05) is 37.4 Å². The van der Waals surface area contributed by atoms with Gasteiger partial charge >= 0.3 is 0 Å². The van der Waals surface area contributed by atoms with Gasteiger partial charge in [-0.25, -0.2) is 0 Å².